The average Bonchev–Trinajstić information content (AvgIpc) is 2.69. The summed E-state index contributed by atoms with van der Waals surface area (Å²) >= 11 is 0. The van der Waals surface area contributed by atoms with Gasteiger partial charge in [0.15, 0.2) is 0 Å². The van der Waals surface area contributed by atoms with Crippen molar-refractivity contribution < 1.29 is 9.53 Å². The van der Waals surface area contributed by atoms with E-state index in [4.69, 9.17) is 4.74 Å². The zero-order valence-electron chi connectivity index (χ0n) is 14.1. The number of hydrogen-bond acceptors (Lipinski definition) is 4. The van der Waals surface area contributed by atoms with E-state index >= 15 is 0 Å². The van der Waals surface area contributed by atoms with Gasteiger partial charge in [0.05, 0.1) is 18.8 Å². The Morgan fingerprint density at radius 2 is 2.10 bits per heavy atom. The summed E-state index contributed by atoms with van der Waals surface area (Å²) in [6, 6.07) is 0.327. The standard InChI is InChI=1S/C15H28N4O2/c1-11(2)19-13(4)14(12(3)17-19)9-16-15(20)10-18(5)7-8-21-6/h11H,7-10H2,1-6H3,(H,16,20). The molecule has 0 saturated heterocycles. The van der Waals surface area contributed by atoms with Gasteiger partial charge in [-0.1, -0.05) is 0 Å². The number of aryl methyl sites for hydroxylation is 1. The maximum atomic E-state index is 11.9. The van der Waals surface area contributed by atoms with E-state index in [1.165, 1.54) is 0 Å². The molecule has 0 radical (unpaired) electrons. The van der Waals surface area contributed by atoms with Gasteiger partial charge in [-0.25, -0.2) is 0 Å². The van der Waals surface area contributed by atoms with Crippen molar-refractivity contribution in [2.45, 2.75) is 40.3 Å². The van der Waals surface area contributed by atoms with Crippen LogP contribution in [-0.4, -0.2) is 54.4 Å². The van der Waals surface area contributed by atoms with Crippen LogP contribution in [0, 0.1) is 13.8 Å². The maximum Gasteiger partial charge on any atom is 0.234 e. The van der Waals surface area contributed by atoms with Gasteiger partial charge in [0.25, 0.3) is 0 Å². The Morgan fingerprint density at radius 1 is 1.43 bits per heavy atom. The zero-order chi connectivity index (χ0) is 16.0. The molecule has 1 heterocycles. The molecule has 0 bridgehead atoms. The van der Waals surface area contributed by atoms with Crippen molar-refractivity contribution >= 4 is 5.91 Å². The van der Waals surface area contributed by atoms with Crippen LogP contribution in [0.2, 0.25) is 0 Å². The van der Waals surface area contributed by atoms with Crippen molar-refractivity contribution in [1.82, 2.24) is 20.0 Å². The van der Waals surface area contributed by atoms with E-state index in [0.717, 1.165) is 23.5 Å². The fourth-order valence-corrected chi connectivity index (χ4v) is 2.27. The van der Waals surface area contributed by atoms with Crippen LogP contribution < -0.4 is 5.32 Å². The lowest BCUT2D eigenvalue weighted by molar-refractivity contribution is -0.122. The van der Waals surface area contributed by atoms with Gasteiger partial charge >= 0.3 is 0 Å². The average molecular weight is 296 g/mol. The number of rotatable bonds is 8. The second-order valence-corrected chi connectivity index (χ2v) is 5.70. The predicted octanol–water partition coefficient (Wildman–Crippen LogP) is 1.28. The SMILES string of the molecule is COCCN(C)CC(=O)NCc1c(C)nn(C(C)C)c1C. The fraction of sp³-hybridized carbons (Fsp3) is 0.733. The molecular weight excluding hydrogens is 268 g/mol. The normalized spacial score (nSPS) is 11.4. The molecule has 0 unspecified atom stereocenters. The molecule has 0 aromatic carbocycles. The van der Waals surface area contributed by atoms with Crippen LogP contribution in [0.25, 0.3) is 0 Å². The van der Waals surface area contributed by atoms with E-state index < -0.39 is 0 Å². The van der Waals surface area contributed by atoms with Gasteiger partial charge in [-0.15, -0.1) is 0 Å². The molecule has 0 aliphatic heterocycles. The smallest absolute Gasteiger partial charge is 0.234 e. The first-order valence-corrected chi connectivity index (χ1v) is 7.35. The van der Waals surface area contributed by atoms with Crippen molar-refractivity contribution in [1.29, 1.82) is 0 Å². The van der Waals surface area contributed by atoms with Gasteiger partial charge in [-0.3, -0.25) is 14.4 Å². The molecule has 0 atom stereocenters. The minimum atomic E-state index is 0.0182. The fourth-order valence-electron chi connectivity index (χ4n) is 2.27. The molecule has 1 amide bonds. The summed E-state index contributed by atoms with van der Waals surface area (Å²) in [6.07, 6.45) is 0. The van der Waals surface area contributed by atoms with Gasteiger partial charge < -0.3 is 10.1 Å². The predicted molar refractivity (Wildman–Crippen MR) is 83.3 cm³/mol. The summed E-state index contributed by atoms with van der Waals surface area (Å²) in [5.41, 5.74) is 3.21. The number of nitrogens with zero attached hydrogens (tertiary/aromatic N) is 3. The second-order valence-electron chi connectivity index (χ2n) is 5.70. The molecule has 0 spiro atoms. The summed E-state index contributed by atoms with van der Waals surface area (Å²) < 4.78 is 7.00. The van der Waals surface area contributed by atoms with E-state index in [2.05, 4.69) is 24.3 Å². The quantitative estimate of drug-likeness (QED) is 0.785. The number of aromatic nitrogens is 2. The van der Waals surface area contributed by atoms with E-state index in [-0.39, 0.29) is 5.91 Å². The highest BCUT2D eigenvalue weighted by molar-refractivity contribution is 5.78. The number of amides is 1. The van der Waals surface area contributed by atoms with Gasteiger partial charge in [-0.05, 0) is 34.7 Å². The van der Waals surface area contributed by atoms with Crippen molar-refractivity contribution in [2.24, 2.45) is 0 Å². The second kappa shape index (κ2) is 8.14. The molecule has 21 heavy (non-hydrogen) atoms. The Morgan fingerprint density at radius 3 is 2.62 bits per heavy atom. The third-order valence-electron chi connectivity index (χ3n) is 3.52. The van der Waals surface area contributed by atoms with Crippen LogP contribution in [-0.2, 0) is 16.1 Å². The van der Waals surface area contributed by atoms with E-state index in [9.17, 15) is 4.79 Å². The molecule has 120 valence electrons. The van der Waals surface area contributed by atoms with Crippen LogP contribution in [0.4, 0.5) is 0 Å². The topological polar surface area (TPSA) is 59.4 Å². The number of methoxy groups -OCH3 is 1. The highest BCUT2D eigenvalue weighted by atomic mass is 16.5. The highest BCUT2D eigenvalue weighted by Gasteiger charge is 2.14. The van der Waals surface area contributed by atoms with E-state index in [1.54, 1.807) is 7.11 Å². The number of likely N-dealkylation sites (N-methyl/N-ethyl adjacent to an activating group) is 1. The van der Waals surface area contributed by atoms with E-state index in [1.807, 2.05) is 30.5 Å². The minimum absolute atomic E-state index is 0.0182. The molecule has 1 rings (SSSR count). The zero-order valence-corrected chi connectivity index (χ0v) is 14.1. The Hall–Kier alpha value is -1.40. The first-order valence-electron chi connectivity index (χ1n) is 7.35. The first kappa shape index (κ1) is 17.7. The summed E-state index contributed by atoms with van der Waals surface area (Å²) in [5.74, 6) is 0.0182. The largest absolute Gasteiger partial charge is 0.383 e. The molecule has 6 nitrogen and oxygen atoms in total. The number of nitrogens with one attached hydrogen (secondary N) is 1. The summed E-state index contributed by atoms with van der Waals surface area (Å²) in [4.78, 5) is 13.9. The lowest BCUT2D eigenvalue weighted by Crippen LogP contribution is -2.36. The lowest BCUT2D eigenvalue weighted by Gasteiger charge is -2.15. The van der Waals surface area contributed by atoms with Crippen LogP contribution in [0.1, 0.15) is 36.8 Å². The monoisotopic (exact) mass is 296 g/mol. The van der Waals surface area contributed by atoms with Crippen LogP contribution >= 0.6 is 0 Å². The third-order valence-corrected chi connectivity index (χ3v) is 3.52. The minimum Gasteiger partial charge on any atom is -0.383 e. The summed E-state index contributed by atoms with van der Waals surface area (Å²) in [5, 5.41) is 7.49. The van der Waals surface area contributed by atoms with Gasteiger partial charge in [0.2, 0.25) is 5.91 Å². The highest BCUT2D eigenvalue weighted by Crippen LogP contribution is 2.16. The third kappa shape index (κ3) is 5.13. The maximum absolute atomic E-state index is 11.9. The molecule has 0 saturated carbocycles. The van der Waals surface area contributed by atoms with Crippen molar-refractivity contribution in [2.75, 3.05) is 33.9 Å². The molecular formula is C15H28N4O2. The molecule has 1 aromatic heterocycles. The number of carbonyl (C=O) groups excluding carboxylic acids is 1. The Labute approximate surface area is 127 Å². The van der Waals surface area contributed by atoms with Crippen molar-refractivity contribution in [3.63, 3.8) is 0 Å². The number of ether oxygens (including phenoxy) is 1. The lowest BCUT2D eigenvalue weighted by atomic mass is 10.2. The van der Waals surface area contributed by atoms with Crippen LogP contribution in [0.5, 0.6) is 0 Å². The summed E-state index contributed by atoms with van der Waals surface area (Å²) in [6.45, 7) is 10.5. The van der Waals surface area contributed by atoms with Gasteiger partial charge in [0, 0.05) is 37.5 Å². The molecule has 6 heteroatoms. The molecule has 0 aliphatic rings. The molecule has 1 aromatic rings. The Balaban J connectivity index is 2.54. The molecule has 0 fully saturated rings. The van der Waals surface area contributed by atoms with Crippen molar-refractivity contribution in [3.8, 4) is 0 Å². The van der Waals surface area contributed by atoms with Crippen LogP contribution in [0.15, 0.2) is 0 Å². The van der Waals surface area contributed by atoms with Crippen LogP contribution in [0.3, 0.4) is 0 Å². The van der Waals surface area contributed by atoms with Crippen molar-refractivity contribution in [3.05, 3.63) is 17.0 Å². The molecule has 0 aliphatic carbocycles. The van der Waals surface area contributed by atoms with Gasteiger partial charge in [0.1, 0.15) is 0 Å². The van der Waals surface area contributed by atoms with E-state index in [0.29, 0.717) is 25.7 Å². The molecule has 1 N–H and O–H groups in total. The summed E-state index contributed by atoms with van der Waals surface area (Å²) in [7, 11) is 3.57. The number of hydrogen-bond donors (Lipinski definition) is 1. The van der Waals surface area contributed by atoms with Gasteiger partial charge in [-0.2, -0.15) is 5.10 Å². The Kier molecular flexibility index (Phi) is 6.84. The first-order chi connectivity index (χ1) is 9.86. The number of carbonyl (C=O) groups is 1. The Bertz CT molecular complexity index is 468.